The second-order valence-corrected chi connectivity index (χ2v) is 9.87. The molecule has 0 aliphatic carbocycles. The summed E-state index contributed by atoms with van der Waals surface area (Å²) in [6.07, 6.45) is -0.0784. The molecule has 4 rings (SSSR count). The minimum atomic E-state index is -5.08. The normalized spacial score (nSPS) is 18.1. The highest BCUT2D eigenvalue weighted by Crippen LogP contribution is 2.42. The quantitative estimate of drug-likeness (QED) is 0.402. The maximum absolute atomic E-state index is 10.6. The lowest BCUT2D eigenvalue weighted by molar-refractivity contribution is -0.193. The monoisotopic (exact) mass is 598 g/mol. The maximum atomic E-state index is 10.6. The molecule has 1 unspecified atom stereocenters. The zero-order chi connectivity index (χ0) is 31.0. The molecule has 0 bridgehead atoms. The van der Waals surface area contributed by atoms with Crippen molar-refractivity contribution >= 4 is 17.9 Å². The molecule has 0 radical (unpaired) electrons. The number of carboxylic acid groups (broad SMARTS) is 2. The van der Waals surface area contributed by atoms with Crippen molar-refractivity contribution in [3.8, 4) is 0 Å². The zero-order valence-electron chi connectivity index (χ0n) is 22.5. The summed E-state index contributed by atoms with van der Waals surface area (Å²) in [5, 5.41) is 22.0. The molecule has 1 atom stereocenters. The number of carboxylic acids is 2. The van der Waals surface area contributed by atoms with E-state index in [1.54, 1.807) is 0 Å². The van der Waals surface area contributed by atoms with Crippen molar-refractivity contribution in [1.29, 1.82) is 0 Å². The van der Waals surface area contributed by atoms with Gasteiger partial charge in [-0.05, 0) is 45.1 Å². The van der Waals surface area contributed by atoms with Crippen LogP contribution >= 0.6 is 0 Å². The molecule has 2 aromatic heterocycles. The van der Waals surface area contributed by atoms with E-state index < -0.39 is 24.3 Å². The molecule has 1 spiro atoms. The smallest absolute Gasteiger partial charge is 0.475 e. The van der Waals surface area contributed by atoms with E-state index in [0.29, 0.717) is 17.9 Å². The fourth-order valence-corrected chi connectivity index (χ4v) is 4.21. The van der Waals surface area contributed by atoms with E-state index in [2.05, 4.69) is 45.3 Å². The average Bonchev–Trinajstić information content (AvgIpc) is 3.48. The highest BCUT2D eigenvalue weighted by molar-refractivity contribution is 5.73. The first-order valence-electron chi connectivity index (χ1n) is 12.4. The van der Waals surface area contributed by atoms with Gasteiger partial charge in [-0.3, -0.25) is 9.58 Å². The molecule has 2 aliphatic heterocycles. The Kier molecular flexibility index (Phi) is 11.5. The van der Waals surface area contributed by atoms with Crippen LogP contribution in [0.15, 0.2) is 24.8 Å². The number of halogens is 6. The number of aromatic nitrogens is 4. The Morgan fingerprint density at radius 3 is 2.07 bits per heavy atom. The van der Waals surface area contributed by atoms with Gasteiger partial charge in [0, 0.05) is 63.0 Å². The van der Waals surface area contributed by atoms with Crippen molar-refractivity contribution in [2.24, 2.45) is 5.92 Å². The predicted octanol–water partition coefficient (Wildman–Crippen LogP) is 3.92. The molecule has 0 aromatic carbocycles. The van der Waals surface area contributed by atoms with Crippen LogP contribution in [0.2, 0.25) is 0 Å². The molecule has 3 N–H and O–H groups in total. The van der Waals surface area contributed by atoms with Gasteiger partial charge >= 0.3 is 24.3 Å². The lowest BCUT2D eigenvalue weighted by Gasteiger charge is -2.50. The first-order valence-corrected chi connectivity index (χ1v) is 12.4. The van der Waals surface area contributed by atoms with Gasteiger partial charge in [-0.25, -0.2) is 19.6 Å². The molecular formula is C24H32F6N6O5. The van der Waals surface area contributed by atoms with E-state index in [0.717, 1.165) is 51.2 Å². The SMILES string of the molecule is Cc1cnc(NCCC2CCOC23CN(Cc2cnn(C(C)C)c2)C3)nc1.O=C(O)C(F)(F)F.O=C(O)C(F)(F)F. The Hall–Kier alpha value is -3.47. The van der Waals surface area contributed by atoms with Crippen molar-refractivity contribution in [3.63, 3.8) is 0 Å². The molecule has 2 aromatic rings. The lowest BCUT2D eigenvalue weighted by atomic mass is 9.79. The topological polar surface area (TPSA) is 143 Å². The van der Waals surface area contributed by atoms with Crippen LogP contribution in [0.4, 0.5) is 32.3 Å². The van der Waals surface area contributed by atoms with Crippen LogP contribution in [0, 0.1) is 12.8 Å². The van der Waals surface area contributed by atoms with Gasteiger partial charge < -0.3 is 20.3 Å². The number of rotatable bonds is 7. The van der Waals surface area contributed by atoms with E-state index in [9.17, 15) is 26.3 Å². The standard InChI is InChI=1S/C20H30N6O.2C2HF3O2/c1-15(2)26-12-17(10-24-26)11-25-13-20(14-25)18(5-7-27-20)4-6-21-19-22-8-16(3)9-23-19;2*3-2(4,5)1(6)7/h8-10,12,15,18H,4-7,11,13-14H2,1-3H3,(H,21,22,23);2*(H,6,7). The summed E-state index contributed by atoms with van der Waals surface area (Å²) in [6.45, 7) is 11.1. The van der Waals surface area contributed by atoms with Gasteiger partial charge in [-0.1, -0.05) is 0 Å². The minimum Gasteiger partial charge on any atom is -0.475 e. The number of hydrogen-bond acceptors (Lipinski definition) is 8. The van der Waals surface area contributed by atoms with E-state index >= 15 is 0 Å². The first kappa shape index (κ1) is 33.7. The Morgan fingerprint density at radius 2 is 1.61 bits per heavy atom. The molecule has 230 valence electrons. The minimum absolute atomic E-state index is 0.0455. The fraction of sp³-hybridized carbons (Fsp3) is 0.625. The van der Waals surface area contributed by atoms with Crippen molar-refractivity contribution in [3.05, 3.63) is 35.9 Å². The molecule has 11 nitrogen and oxygen atoms in total. The number of hydrogen-bond donors (Lipinski definition) is 3. The zero-order valence-corrected chi connectivity index (χ0v) is 22.5. The van der Waals surface area contributed by atoms with Gasteiger partial charge in [0.2, 0.25) is 5.95 Å². The second kappa shape index (κ2) is 13.9. The van der Waals surface area contributed by atoms with Crippen LogP contribution in [0.3, 0.4) is 0 Å². The summed E-state index contributed by atoms with van der Waals surface area (Å²) in [7, 11) is 0. The molecule has 0 saturated carbocycles. The summed E-state index contributed by atoms with van der Waals surface area (Å²) in [6, 6.07) is 0.411. The number of likely N-dealkylation sites (tertiary alicyclic amines) is 1. The molecule has 0 amide bonds. The average molecular weight is 599 g/mol. The Labute approximate surface area is 231 Å². The third kappa shape index (κ3) is 10.5. The van der Waals surface area contributed by atoms with E-state index in [-0.39, 0.29) is 5.60 Å². The highest BCUT2D eigenvalue weighted by atomic mass is 19.4. The van der Waals surface area contributed by atoms with Gasteiger partial charge in [0.25, 0.3) is 0 Å². The number of nitrogens with zero attached hydrogens (tertiary/aromatic N) is 5. The Morgan fingerprint density at radius 1 is 1.07 bits per heavy atom. The van der Waals surface area contributed by atoms with Crippen molar-refractivity contribution in [2.45, 2.75) is 64.2 Å². The number of alkyl halides is 6. The largest absolute Gasteiger partial charge is 0.490 e. The summed E-state index contributed by atoms with van der Waals surface area (Å²) in [5.74, 6) is -4.20. The number of ether oxygens (including phenoxy) is 1. The van der Waals surface area contributed by atoms with Crippen LogP contribution in [-0.2, 0) is 20.9 Å². The first-order chi connectivity index (χ1) is 18.9. The van der Waals surface area contributed by atoms with Crippen molar-refractivity contribution in [2.75, 3.05) is 31.6 Å². The molecule has 2 fully saturated rings. The van der Waals surface area contributed by atoms with Crippen LogP contribution in [0.5, 0.6) is 0 Å². The number of aliphatic carboxylic acids is 2. The van der Waals surface area contributed by atoms with Gasteiger partial charge in [-0.2, -0.15) is 31.4 Å². The summed E-state index contributed by atoms with van der Waals surface area (Å²) in [4.78, 5) is 28.9. The number of aryl methyl sites for hydroxylation is 1. The molecule has 4 heterocycles. The van der Waals surface area contributed by atoms with E-state index in [1.807, 2.05) is 30.2 Å². The maximum Gasteiger partial charge on any atom is 0.490 e. The number of anilines is 1. The molecule has 17 heteroatoms. The van der Waals surface area contributed by atoms with Gasteiger partial charge in [-0.15, -0.1) is 0 Å². The van der Waals surface area contributed by atoms with Crippen LogP contribution < -0.4 is 5.32 Å². The Bertz CT molecular complexity index is 1110. The van der Waals surface area contributed by atoms with Crippen molar-refractivity contribution in [1.82, 2.24) is 24.6 Å². The molecule has 2 aliphatic rings. The third-order valence-electron chi connectivity index (χ3n) is 6.21. The van der Waals surface area contributed by atoms with Gasteiger partial charge in [0.15, 0.2) is 0 Å². The van der Waals surface area contributed by atoms with E-state index in [4.69, 9.17) is 24.5 Å². The van der Waals surface area contributed by atoms with Crippen LogP contribution in [0.1, 0.15) is 43.9 Å². The van der Waals surface area contributed by atoms with Gasteiger partial charge in [0.1, 0.15) is 0 Å². The fourth-order valence-electron chi connectivity index (χ4n) is 4.21. The number of nitrogens with one attached hydrogen (secondary N) is 1. The molecular weight excluding hydrogens is 566 g/mol. The third-order valence-corrected chi connectivity index (χ3v) is 6.21. The predicted molar refractivity (Wildman–Crippen MR) is 132 cm³/mol. The van der Waals surface area contributed by atoms with E-state index in [1.165, 1.54) is 5.56 Å². The second-order valence-electron chi connectivity index (χ2n) is 9.87. The molecule has 41 heavy (non-hydrogen) atoms. The number of carbonyl (C=O) groups is 2. The molecule has 2 saturated heterocycles. The summed E-state index contributed by atoms with van der Waals surface area (Å²) in [5.41, 5.74) is 2.41. The summed E-state index contributed by atoms with van der Waals surface area (Å²) < 4.78 is 71.7. The van der Waals surface area contributed by atoms with Crippen LogP contribution in [-0.4, -0.2) is 91.0 Å². The van der Waals surface area contributed by atoms with Crippen molar-refractivity contribution < 1.29 is 50.9 Å². The van der Waals surface area contributed by atoms with Gasteiger partial charge in [0.05, 0.1) is 11.8 Å². The van der Waals surface area contributed by atoms with Crippen LogP contribution in [0.25, 0.3) is 0 Å². The Balaban J connectivity index is 0.000000349. The highest BCUT2D eigenvalue weighted by Gasteiger charge is 2.52. The lowest BCUT2D eigenvalue weighted by Crippen LogP contribution is -2.64. The summed E-state index contributed by atoms with van der Waals surface area (Å²) >= 11 is 0.